The molecule has 0 aromatic carbocycles. The Bertz CT molecular complexity index is 255. The fourth-order valence-electron chi connectivity index (χ4n) is 2.93. The van der Waals surface area contributed by atoms with Gasteiger partial charge in [-0.25, -0.2) is 0 Å². The first-order valence-corrected chi connectivity index (χ1v) is 7.50. The smallest absolute Gasteiger partial charge is 0.222 e. The van der Waals surface area contributed by atoms with Crippen LogP contribution in [0.25, 0.3) is 0 Å². The molecule has 0 aliphatic heterocycles. The number of carbonyl (C=O) groups excluding carboxylic acids is 1. The van der Waals surface area contributed by atoms with Gasteiger partial charge in [0, 0.05) is 19.5 Å². The molecule has 0 heterocycles. The van der Waals surface area contributed by atoms with Gasteiger partial charge in [0.25, 0.3) is 0 Å². The molecular weight excluding hydrogens is 224 g/mol. The number of nitrogens with zero attached hydrogens (tertiary/aromatic N) is 1. The molecule has 0 saturated heterocycles. The zero-order valence-electron chi connectivity index (χ0n) is 12.3. The predicted octanol–water partition coefficient (Wildman–Crippen LogP) is 2.79. The van der Waals surface area contributed by atoms with Crippen molar-refractivity contribution in [2.24, 2.45) is 17.6 Å². The third-order valence-corrected chi connectivity index (χ3v) is 4.36. The summed E-state index contributed by atoms with van der Waals surface area (Å²) >= 11 is 0. The molecule has 1 rings (SSSR count). The van der Waals surface area contributed by atoms with Gasteiger partial charge in [0.05, 0.1) is 0 Å². The Labute approximate surface area is 112 Å². The highest BCUT2D eigenvalue weighted by Gasteiger charge is 2.25. The number of hydrogen-bond acceptors (Lipinski definition) is 2. The van der Waals surface area contributed by atoms with Crippen molar-refractivity contribution in [3.8, 4) is 0 Å². The van der Waals surface area contributed by atoms with E-state index in [1.165, 1.54) is 25.7 Å². The van der Waals surface area contributed by atoms with E-state index in [0.717, 1.165) is 25.3 Å². The summed E-state index contributed by atoms with van der Waals surface area (Å²) in [5.74, 6) is 1.66. The minimum atomic E-state index is 0.318. The molecule has 0 aromatic rings. The molecule has 1 amide bonds. The number of amides is 1. The summed E-state index contributed by atoms with van der Waals surface area (Å²) in [5.41, 5.74) is 5.53. The van der Waals surface area contributed by atoms with Crippen molar-refractivity contribution in [3.05, 3.63) is 0 Å². The Kier molecular flexibility index (Phi) is 6.69. The van der Waals surface area contributed by atoms with Crippen LogP contribution < -0.4 is 5.73 Å². The summed E-state index contributed by atoms with van der Waals surface area (Å²) in [5, 5.41) is 0. The van der Waals surface area contributed by atoms with Gasteiger partial charge in [-0.15, -0.1) is 0 Å². The van der Waals surface area contributed by atoms with Gasteiger partial charge >= 0.3 is 0 Å². The molecule has 106 valence electrons. The molecule has 1 aliphatic rings. The molecule has 1 aliphatic carbocycles. The van der Waals surface area contributed by atoms with E-state index in [9.17, 15) is 4.79 Å². The summed E-state index contributed by atoms with van der Waals surface area (Å²) in [4.78, 5) is 14.2. The van der Waals surface area contributed by atoms with E-state index in [1.807, 2.05) is 11.9 Å². The van der Waals surface area contributed by atoms with Gasteiger partial charge in [-0.3, -0.25) is 4.79 Å². The second-order valence-corrected chi connectivity index (χ2v) is 6.15. The molecule has 3 heteroatoms. The molecule has 2 N–H and O–H groups in total. The quantitative estimate of drug-likeness (QED) is 0.792. The van der Waals surface area contributed by atoms with E-state index in [1.54, 1.807) is 0 Å². The summed E-state index contributed by atoms with van der Waals surface area (Å²) in [6, 6.07) is 0.478. The largest absolute Gasteiger partial charge is 0.343 e. The maximum absolute atomic E-state index is 12.2. The Balaban J connectivity index is 2.31. The fraction of sp³-hybridized carbons (Fsp3) is 0.933. The molecule has 3 nitrogen and oxygen atoms in total. The van der Waals surface area contributed by atoms with Gasteiger partial charge in [0.15, 0.2) is 0 Å². The van der Waals surface area contributed by atoms with E-state index in [2.05, 4.69) is 13.8 Å². The van der Waals surface area contributed by atoms with Crippen LogP contribution in [0.1, 0.15) is 58.8 Å². The average molecular weight is 254 g/mol. The molecular formula is C15H30N2O. The summed E-state index contributed by atoms with van der Waals surface area (Å²) in [6.45, 7) is 5.21. The van der Waals surface area contributed by atoms with Crippen LogP contribution >= 0.6 is 0 Å². The molecule has 0 bridgehead atoms. The maximum Gasteiger partial charge on any atom is 0.222 e. The molecule has 0 spiro atoms. The summed E-state index contributed by atoms with van der Waals surface area (Å²) in [6.07, 6.45) is 7.65. The Morgan fingerprint density at radius 1 is 1.39 bits per heavy atom. The lowest BCUT2D eigenvalue weighted by Crippen LogP contribution is -2.39. The topological polar surface area (TPSA) is 46.3 Å². The van der Waals surface area contributed by atoms with Crippen molar-refractivity contribution < 1.29 is 4.79 Å². The molecule has 18 heavy (non-hydrogen) atoms. The zero-order chi connectivity index (χ0) is 13.5. The number of nitrogens with two attached hydrogens (primary N) is 1. The highest BCUT2D eigenvalue weighted by molar-refractivity contribution is 5.76. The zero-order valence-corrected chi connectivity index (χ0v) is 12.3. The van der Waals surface area contributed by atoms with Crippen molar-refractivity contribution in [2.45, 2.75) is 64.8 Å². The first kappa shape index (κ1) is 15.5. The van der Waals surface area contributed by atoms with Crippen LogP contribution in [0, 0.1) is 11.8 Å². The van der Waals surface area contributed by atoms with Crippen LogP contribution in [-0.2, 0) is 4.79 Å². The van der Waals surface area contributed by atoms with Gasteiger partial charge in [-0.1, -0.05) is 26.7 Å². The van der Waals surface area contributed by atoms with Gasteiger partial charge in [-0.05, 0) is 44.1 Å². The number of carbonyl (C=O) groups is 1. The fourth-order valence-corrected chi connectivity index (χ4v) is 2.93. The third kappa shape index (κ3) is 4.97. The lowest BCUT2D eigenvalue weighted by Gasteiger charge is -2.34. The highest BCUT2D eigenvalue weighted by Crippen LogP contribution is 2.27. The van der Waals surface area contributed by atoms with Crippen molar-refractivity contribution in [1.82, 2.24) is 4.90 Å². The Hall–Kier alpha value is -0.570. The molecule has 3 unspecified atom stereocenters. The van der Waals surface area contributed by atoms with Gasteiger partial charge < -0.3 is 10.6 Å². The second-order valence-electron chi connectivity index (χ2n) is 6.15. The Morgan fingerprint density at radius 3 is 2.72 bits per heavy atom. The summed E-state index contributed by atoms with van der Waals surface area (Å²) in [7, 11) is 1.98. The second kappa shape index (κ2) is 7.78. The molecule has 0 radical (unpaired) electrons. The average Bonchev–Trinajstić information content (AvgIpc) is 2.35. The lowest BCUT2D eigenvalue weighted by atomic mass is 9.86. The van der Waals surface area contributed by atoms with Crippen LogP contribution in [0.2, 0.25) is 0 Å². The van der Waals surface area contributed by atoms with E-state index >= 15 is 0 Å². The number of rotatable bonds is 6. The van der Waals surface area contributed by atoms with E-state index in [0.29, 0.717) is 24.3 Å². The minimum Gasteiger partial charge on any atom is -0.343 e. The number of hydrogen-bond donors (Lipinski definition) is 1. The minimum absolute atomic E-state index is 0.318. The Morgan fingerprint density at radius 2 is 2.11 bits per heavy atom. The van der Waals surface area contributed by atoms with Crippen LogP contribution in [0.3, 0.4) is 0 Å². The lowest BCUT2D eigenvalue weighted by molar-refractivity contribution is -0.133. The van der Waals surface area contributed by atoms with Crippen molar-refractivity contribution in [3.63, 3.8) is 0 Å². The van der Waals surface area contributed by atoms with Crippen molar-refractivity contribution in [2.75, 3.05) is 13.6 Å². The van der Waals surface area contributed by atoms with Crippen molar-refractivity contribution >= 4 is 5.91 Å². The van der Waals surface area contributed by atoms with Crippen LogP contribution in [0.15, 0.2) is 0 Å². The molecule has 1 fully saturated rings. The van der Waals surface area contributed by atoms with E-state index in [4.69, 9.17) is 5.73 Å². The van der Waals surface area contributed by atoms with E-state index < -0.39 is 0 Å². The highest BCUT2D eigenvalue weighted by atomic mass is 16.2. The monoisotopic (exact) mass is 254 g/mol. The first-order valence-electron chi connectivity index (χ1n) is 7.50. The molecule has 3 atom stereocenters. The van der Waals surface area contributed by atoms with Crippen LogP contribution in [0.5, 0.6) is 0 Å². The SMILES string of the molecule is CC(CCN)CCC(=O)N(C)C1CCCC(C)C1. The third-order valence-electron chi connectivity index (χ3n) is 4.36. The first-order chi connectivity index (χ1) is 8.54. The van der Waals surface area contributed by atoms with Crippen LogP contribution in [0.4, 0.5) is 0 Å². The van der Waals surface area contributed by atoms with Gasteiger partial charge in [-0.2, -0.15) is 0 Å². The molecule has 1 saturated carbocycles. The van der Waals surface area contributed by atoms with Crippen LogP contribution in [-0.4, -0.2) is 30.4 Å². The maximum atomic E-state index is 12.2. The normalized spacial score (nSPS) is 25.8. The van der Waals surface area contributed by atoms with Gasteiger partial charge in [0.1, 0.15) is 0 Å². The predicted molar refractivity (Wildman–Crippen MR) is 76.3 cm³/mol. The van der Waals surface area contributed by atoms with Gasteiger partial charge in [0.2, 0.25) is 5.91 Å². The summed E-state index contributed by atoms with van der Waals surface area (Å²) < 4.78 is 0. The van der Waals surface area contributed by atoms with E-state index in [-0.39, 0.29) is 0 Å². The van der Waals surface area contributed by atoms with Crippen molar-refractivity contribution in [1.29, 1.82) is 0 Å². The standard InChI is InChI=1S/C15H30N2O/c1-12(9-10-16)7-8-15(18)17(3)14-6-4-5-13(2)11-14/h12-14H,4-11,16H2,1-3H3. The molecule has 0 aromatic heterocycles.